The molecule has 30 heavy (non-hydrogen) atoms. The highest BCUT2D eigenvalue weighted by atomic mass is 35.5. The smallest absolute Gasteiger partial charge is 0.264 e. The van der Waals surface area contributed by atoms with Gasteiger partial charge in [-0.3, -0.25) is 9.10 Å². The summed E-state index contributed by atoms with van der Waals surface area (Å²) in [4.78, 5) is 12.8. The minimum atomic E-state index is -3.99. The largest absolute Gasteiger partial charge is 0.494 e. The van der Waals surface area contributed by atoms with Crippen LogP contribution < -0.4 is 14.4 Å². The molecule has 3 aromatic rings. The third-order valence-corrected chi connectivity index (χ3v) is 6.17. The number of sulfonamides is 1. The van der Waals surface area contributed by atoms with Gasteiger partial charge in [0.1, 0.15) is 12.3 Å². The molecule has 0 radical (unpaired) electrons. The van der Waals surface area contributed by atoms with E-state index in [0.29, 0.717) is 28.8 Å². The SMILES string of the molecule is CCOc1cccc(NC(=O)CN(c2cccc(Cl)c2)S(=O)(=O)c2ccccc2)c1. The first-order valence-corrected chi connectivity index (χ1v) is 11.1. The van der Waals surface area contributed by atoms with E-state index in [1.54, 1.807) is 60.7 Å². The summed E-state index contributed by atoms with van der Waals surface area (Å²) in [5, 5.41) is 3.09. The zero-order valence-electron chi connectivity index (χ0n) is 16.3. The van der Waals surface area contributed by atoms with Crippen molar-refractivity contribution in [1.82, 2.24) is 0 Å². The second kappa shape index (κ2) is 9.65. The molecule has 8 heteroatoms. The molecule has 3 rings (SSSR count). The van der Waals surface area contributed by atoms with E-state index in [9.17, 15) is 13.2 Å². The number of nitrogens with one attached hydrogen (secondary N) is 1. The first-order valence-electron chi connectivity index (χ1n) is 9.26. The van der Waals surface area contributed by atoms with Crippen molar-refractivity contribution in [3.05, 3.63) is 83.9 Å². The molecule has 0 bridgehead atoms. The van der Waals surface area contributed by atoms with Crippen LogP contribution in [0, 0.1) is 0 Å². The van der Waals surface area contributed by atoms with Crippen LogP contribution in [0.5, 0.6) is 5.75 Å². The van der Waals surface area contributed by atoms with Gasteiger partial charge in [-0.05, 0) is 49.4 Å². The second-order valence-electron chi connectivity index (χ2n) is 6.31. The van der Waals surface area contributed by atoms with Crippen LogP contribution in [0.3, 0.4) is 0 Å². The number of halogens is 1. The Morgan fingerprint density at radius 3 is 2.43 bits per heavy atom. The number of nitrogens with zero attached hydrogens (tertiary/aromatic N) is 1. The maximum Gasteiger partial charge on any atom is 0.264 e. The Labute approximate surface area is 181 Å². The fourth-order valence-electron chi connectivity index (χ4n) is 2.83. The summed E-state index contributed by atoms with van der Waals surface area (Å²) in [5.41, 5.74) is 0.804. The predicted octanol–water partition coefficient (Wildman–Crippen LogP) is 4.57. The van der Waals surface area contributed by atoms with E-state index < -0.39 is 22.5 Å². The van der Waals surface area contributed by atoms with E-state index in [0.717, 1.165) is 4.31 Å². The fraction of sp³-hybridized carbons (Fsp3) is 0.136. The molecule has 1 N–H and O–H groups in total. The van der Waals surface area contributed by atoms with E-state index in [2.05, 4.69) is 5.32 Å². The molecule has 0 spiro atoms. The van der Waals surface area contributed by atoms with Crippen LogP contribution >= 0.6 is 11.6 Å². The van der Waals surface area contributed by atoms with E-state index in [4.69, 9.17) is 16.3 Å². The van der Waals surface area contributed by atoms with Crippen molar-refractivity contribution in [2.24, 2.45) is 0 Å². The number of hydrogen-bond acceptors (Lipinski definition) is 4. The minimum absolute atomic E-state index is 0.0797. The quantitative estimate of drug-likeness (QED) is 0.552. The normalized spacial score (nSPS) is 11.0. The van der Waals surface area contributed by atoms with Gasteiger partial charge < -0.3 is 10.1 Å². The number of rotatable bonds is 8. The van der Waals surface area contributed by atoms with Gasteiger partial charge in [0.05, 0.1) is 17.2 Å². The van der Waals surface area contributed by atoms with Crippen molar-refractivity contribution >= 4 is 38.9 Å². The summed E-state index contributed by atoms with van der Waals surface area (Å²) in [6.07, 6.45) is 0. The molecule has 0 atom stereocenters. The molecule has 1 amide bonds. The third kappa shape index (κ3) is 5.31. The molecule has 0 unspecified atom stereocenters. The Kier molecular flexibility index (Phi) is 6.97. The van der Waals surface area contributed by atoms with Crippen molar-refractivity contribution in [2.75, 3.05) is 22.8 Å². The molecule has 0 aromatic heterocycles. The number of carbonyl (C=O) groups excluding carboxylic acids is 1. The standard InChI is InChI=1S/C22H21ClN2O4S/c1-2-29-20-11-7-9-18(15-20)24-22(26)16-25(19-10-6-8-17(23)14-19)30(27,28)21-12-4-3-5-13-21/h3-15H,2,16H2,1H3,(H,24,26). The summed E-state index contributed by atoms with van der Waals surface area (Å²) in [6, 6.07) is 21.2. The average molecular weight is 445 g/mol. The number of anilines is 2. The predicted molar refractivity (Wildman–Crippen MR) is 119 cm³/mol. The summed E-state index contributed by atoms with van der Waals surface area (Å²) in [5.74, 6) is 0.113. The van der Waals surface area contributed by atoms with Crippen LogP contribution in [0.25, 0.3) is 0 Å². The highest BCUT2D eigenvalue weighted by Crippen LogP contribution is 2.26. The maximum absolute atomic E-state index is 13.3. The Morgan fingerprint density at radius 1 is 1.00 bits per heavy atom. The van der Waals surface area contributed by atoms with Gasteiger partial charge >= 0.3 is 0 Å². The topological polar surface area (TPSA) is 75.7 Å². The highest BCUT2D eigenvalue weighted by Gasteiger charge is 2.27. The summed E-state index contributed by atoms with van der Waals surface area (Å²) >= 11 is 6.06. The summed E-state index contributed by atoms with van der Waals surface area (Å²) < 4.78 is 33.0. The van der Waals surface area contributed by atoms with Crippen LogP contribution in [0.2, 0.25) is 5.02 Å². The molecule has 0 aliphatic heterocycles. The van der Waals surface area contributed by atoms with Gasteiger partial charge in [-0.2, -0.15) is 0 Å². The highest BCUT2D eigenvalue weighted by molar-refractivity contribution is 7.92. The van der Waals surface area contributed by atoms with E-state index in [-0.39, 0.29) is 4.90 Å². The molecular formula is C22H21ClN2O4S. The van der Waals surface area contributed by atoms with Gasteiger partial charge in [-0.15, -0.1) is 0 Å². The second-order valence-corrected chi connectivity index (χ2v) is 8.61. The first kappa shape index (κ1) is 21.7. The van der Waals surface area contributed by atoms with Gasteiger partial charge in [0.25, 0.3) is 10.0 Å². The van der Waals surface area contributed by atoms with Crippen molar-refractivity contribution in [2.45, 2.75) is 11.8 Å². The zero-order chi connectivity index (χ0) is 21.6. The lowest BCUT2D eigenvalue weighted by atomic mass is 10.3. The Balaban J connectivity index is 1.89. The maximum atomic E-state index is 13.3. The lowest BCUT2D eigenvalue weighted by Crippen LogP contribution is -2.38. The summed E-state index contributed by atoms with van der Waals surface area (Å²) in [6.45, 7) is 1.94. The first-order chi connectivity index (χ1) is 14.4. The van der Waals surface area contributed by atoms with E-state index in [1.807, 2.05) is 6.92 Å². The van der Waals surface area contributed by atoms with Crippen LogP contribution in [0.1, 0.15) is 6.92 Å². The molecule has 3 aromatic carbocycles. The Morgan fingerprint density at radius 2 is 1.73 bits per heavy atom. The molecular weight excluding hydrogens is 424 g/mol. The van der Waals surface area contributed by atoms with Gasteiger partial charge in [-0.1, -0.05) is 41.9 Å². The molecule has 0 aliphatic rings. The molecule has 0 aliphatic carbocycles. The van der Waals surface area contributed by atoms with Gasteiger partial charge in [0, 0.05) is 16.8 Å². The minimum Gasteiger partial charge on any atom is -0.494 e. The molecule has 156 valence electrons. The number of hydrogen-bond donors (Lipinski definition) is 1. The van der Waals surface area contributed by atoms with Crippen LogP contribution in [-0.2, 0) is 14.8 Å². The van der Waals surface area contributed by atoms with E-state index >= 15 is 0 Å². The van der Waals surface area contributed by atoms with Crippen LogP contribution in [-0.4, -0.2) is 27.5 Å². The molecule has 0 saturated heterocycles. The van der Waals surface area contributed by atoms with Gasteiger partial charge in [0.15, 0.2) is 0 Å². The van der Waals surface area contributed by atoms with Gasteiger partial charge in [0.2, 0.25) is 5.91 Å². The van der Waals surface area contributed by atoms with Gasteiger partial charge in [-0.25, -0.2) is 8.42 Å². The molecule has 0 saturated carbocycles. The van der Waals surface area contributed by atoms with Crippen molar-refractivity contribution in [1.29, 1.82) is 0 Å². The monoisotopic (exact) mass is 444 g/mol. The van der Waals surface area contributed by atoms with Crippen LogP contribution in [0.15, 0.2) is 83.8 Å². The van der Waals surface area contributed by atoms with Crippen molar-refractivity contribution in [3.8, 4) is 5.75 Å². The number of carbonyl (C=O) groups is 1. The van der Waals surface area contributed by atoms with Crippen molar-refractivity contribution in [3.63, 3.8) is 0 Å². The Bertz CT molecular complexity index is 1120. The number of ether oxygens (including phenoxy) is 1. The lowest BCUT2D eigenvalue weighted by molar-refractivity contribution is -0.114. The number of benzene rings is 3. The average Bonchev–Trinajstić information content (AvgIpc) is 2.73. The third-order valence-electron chi connectivity index (χ3n) is 4.14. The fourth-order valence-corrected chi connectivity index (χ4v) is 4.45. The number of amides is 1. The molecule has 0 heterocycles. The van der Waals surface area contributed by atoms with Crippen molar-refractivity contribution < 1.29 is 17.9 Å². The lowest BCUT2D eigenvalue weighted by Gasteiger charge is -2.24. The molecule has 6 nitrogen and oxygen atoms in total. The Hall–Kier alpha value is -3.03. The van der Waals surface area contributed by atoms with E-state index in [1.165, 1.54) is 18.2 Å². The van der Waals surface area contributed by atoms with Crippen LogP contribution in [0.4, 0.5) is 11.4 Å². The molecule has 0 fully saturated rings. The zero-order valence-corrected chi connectivity index (χ0v) is 17.9. The summed E-state index contributed by atoms with van der Waals surface area (Å²) in [7, 11) is -3.99.